The molecular weight excluding hydrogens is 284 g/mol. The average molecular weight is 306 g/mol. The molecular formula is C16H22N2O2S. The summed E-state index contributed by atoms with van der Waals surface area (Å²) in [5.74, 6) is 1.51. The zero-order valence-corrected chi connectivity index (χ0v) is 13.8. The predicted octanol–water partition coefficient (Wildman–Crippen LogP) is 3.80. The molecule has 0 atom stereocenters. The van der Waals surface area contributed by atoms with Crippen molar-refractivity contribution < 1.29 is 9.47 Å². The summed E-state index contributed by atoms with van der Waals surface area (Å²) in [6.07, 6.45) is 1.84. The molecule has 0 saturated carbocycles. The number of hydrogen-bond donors (Lipinski definition) is 1. The van der Waals surface area contributed by atoms with Crippen molar-refractivity contribution in [3.8, 4) is 22.1 Å². The quantitative estimate of drug-likeness (QED) is 0.882. The zero-order chi connectivity index (χ0) is 15.5. The molecule has 4 nitrogen and oxygen atoms in total. The van der Waals surface area contributed by atoms with Crippen molar-refractivity contribution in [2.75, 3.05) is 13.2 Å². The molecule has 0 amide bonds. The van der Waals surface area contributed by atoms with Crippen LogP contribution in [0.5, 0.6) is 11.5 Å². The summed E-state index contributed by atoms with van der Waals surface area (Å²) in [7, 11) is 0. The highest BCUT2D eigenvalue weighted by Crippen LogP contribution is 2.36. The lowest BCUT2D eigenvalue weighted by atomic mass is 10.1. The van der Waals surface area contributed by atoms with Crippen LogP contribution < -0.4 is 15.2 Å². The summed E-state index contributed by atoms with van der Waals surface area (Å²) < 4.78 is 11.2. The minimum absolute atomic E-state index is 0.371. The Morgan fingerprint density at radius 3 is 2.38 bits per heavy atom. The number of rotatable bonds is 6. The molecule has 1 heterocycles. The van der Waals surface area contributed by atoms with Crippen molar-refractivity contribution in [2.45, 2.75) is 33.2 Å². The van der Waals surface area contributed by atoms with Gasteiger partial charge in [-0.05, 0) is 45.9 Å². The van der Waals surface area contributed by atoms with Crippen LogP contribution in [0.2, 0.25) is 0 Å². The molecule has 1 aromatic heterocycles. The Hall–Kier alpha value is -1.59. The largest absolute Gasteiger partial charge is 0.490 e. The summed E-state index contributed by atoms with van der Waals surface area (Å²) in [6.45, 7) is 9.09. The van der Waals surface area contributed by atoms with Crippen molar-refractivity contribution >= 4 is 11.3 Å². The third-order valence-electron chi connectivity index (χ3n) is 2.93. The second kappa shape index (κ2) is 6.45. The van der Waals surface area contributed by atoms with Crippen molar-refractivity contribution in [3.63, 3.8) is 0 Å². The molecule has 0 spiro atoms. The van der Waals surface area contributed by atoms with E-state index < -0.39 is 0 Å². The first-order valence-electron chi connectivity index (χ1n) is 7.11. The first-order valence-corrected chi connectivity index (χ1v) is 7.92. The maximum absolute atomic E-state index is 6.12. The lowest BCUT2D eigenvalue weighted by Crippen LogP contribution is -2.27. The highest BCUT2D eigenvalue weighted by atomic mass is 32.1. The third kappa shape index (κ3) is 3.74. The number of hydrogen-bond acceptors (Lipinski definition) is 5. The molecule has 114 valence electrons. The van der Waals surface area contributed by atoms with Crippen molar-refractivity contribution in [3.05, 3.63) is 29.3 Å². The van der Waals surface area contributed by atoms with Gasteiger partial charge in [0, 0.05) is 22.2 Å². The van der Waals surface area contributed by atoms with Gasteiger partial charge in [0.05, 0.1) is 13.2 Å². The van der Waals surface area contributed by atoms with Gasteiger partial charge in [-0.1, -0.05) is 0 Å². The van der Waals surface area contributed by atoms with E-state index in [-0.39, 0.29) is 5.54 Å². The van der Waals surface area contributed by atoms with Gasteiger partial charge in [-0.25, -0.2) is 4.98 Å². The van der Waals surface area contributed by atoms with E-state index in [0.29, 0.717) is 13.2 Å². The van der Waals surface area contributed by atoms with E-state index in [9.17, 15) is 0 Å². The molecule has 2 N–H and O–H groups in total. The molecule has 1 aromatic carbocycles. The summed E-state index contributed by atoms with van der Waals surface area (Å²) in [6, 6.07) is 5.90. The molecule has 21 heavy (non-hydrogen) atoms. The van der Waals surface area contributed by atoms with Gasteiger partial charge < -0.3 is 15.2 Å². The minimum atomic E-state index is -0.371. The molecule has 0 bridgehead atoms. The van der Waals surface area contributed by atoms with Crippen molar-refractivity contribution in [1.29, 1.82) is 0 Å². The van der Waals surface area contributed by atoms with Crippen LogP contribution in [-0.2, 0) is 5.54 Å². The number of aromatic nitrogens is 1. The maximum atomic E-state index is 6.12. The zero-order valence-electron chi connectivity index (χ0n) is 13.0. The van der Waals surface area contributed by atoms with E-state index in [2.05, 4.69) is 4.98 Å². The monoisotopic (exact) mass is 306 g/mol. The number of nitrogens with two attached hydrogens (primary N) is 1. The van der Waals surface area contributed by atoms with E-state index >= 15 is 0 Å². The molecule has 5 heteroatoms. The summed E-state index contributed by atoms with van der Waals surface area (Å²) in [4.78, 5) is 5.53. The van der Waals surface area contributed by atoms with Gasteiger partial charge in [0.1, 0.15) is 5.01 Å². The van der Waals surface area contributed by atoms with Crippen LogP contribution in [0.4, 0.5) is 0 Å². The van der Waals surface area contributed by atoms with Gasteiger partial charge >= 0.3 is 0 Å². The minimum Gasteiger partial charge on any atom is -0.490 e. The van der Waals surface area contributed by atoms with Crippen molar-refractivity contribution in [2.24, 2.45) is 5.73 Å². The standard InChI is InChI=1S/C16H22N2O2S/c1-5-19-12-8-7-11(9-13(12)20-6-2)15-18-10-14(21-15)16(3,4)17/h7-10H,5-6,17H2,1-4H3. The molecule has 0 aliphatic carbocycles. The van der Waals surface area contributed by atoms with Gasteiger partial charge in [-0.15, -0.1) is 11.3 Å². The molecule has 0 fully saturated rings. The maximum Gasteiger partial charge on any atom is 0.161 e. The lowest BCUT2D eigenvalue weighted by molar-refractivity contribution is 0.288. The van der Waals surface area contributed by atoms with E-state index in [0.717, 1.165) is 26.9 Å². The second-order valence-electron chi connectivity index (χ2n) is 5.28. The first-order chi connectivity index (χ1) is 9.95. The fourth-order valence-corrected chi connectivity index (χ4v) is 2.82. The number of thiazole rings is 1. The molecule has 0 radical (unpaired) electrons. The van der Waals surface area contributed by atoms with E-state index in [1.54, 1.807) is 11.3 Å². The smallest absolute Gasteiger partial charge is 0.161 e. The third-order valence-corrected chi connectivity index (χ3v) is 4.32. The normalized spacial score (nSPS) is 11.5. The Balaban J connectivity index is 2.35. The van der Waals surface area contributed by atoms with Crippen LogP contribution in [0.3, 0.4) is 0 Å². The van der Waals surface area contributed by atoms with Gasteiger partial charge in [0.25, 0.3) is 0 Å². The van der Waals surface area contributed by atoms with Gasteiger partial charge in [-0.3, -0.25) is 0 Å². The van der Waals surface area contributed by atoms with Gasteiger partial charge in [-0.2, -0.15) is 0 Å². The number of nitrogens with zero attached hydrogens (tertiary/aromatic N) is 1. The van der Waals surface area contributed by atoms with E-state index in [1.807, 2.05) is 52.1 Å². The molecule has 2 aromatic rings. The molecule has 0 saturated heterocycles. The lowest BCUT2D eigenvalue weighted by Gasteiger charge is -2.14. The van der Waals surface area contributed by atoms with Crippen LogP contribution in [0.1, 0.15) is 32.6 Å². The topological polar surface area (TPSA) is 57.4 Å². The molecule has 0 aliphatic rings. The fraction of sp³-hybridized carbons (Fsp3) is 0.438. The van der Waals surface area contributed by atoms with Crippen molar-refractivity contribution in [1.82, 2.24) is 4.98 Å². The number of ether oxygens (including phenoxy) is 2. The molecule has 2 rings (SSSR count). The highest BCUT2D eigenvalue weighted by Gasteiger charge is 2.18. The summed E-state index contributed by atoms with van der Waals surface area (Å²) >= 11 is 1.61. The fourth-order valence-electron chi connectivity index (χ4n) is 1.89. The van der Waals surface area contributed by atoms with Crippen LogP contribution in [0, 0.1) is 0 Å². The highest BCUT2D eigenvalue weighted by molar-refractivity contribution is 7.15. The molecule has 0 aliphatic heterocycles. The Kier molecular flexibility index (Phi) is 4.85. The first kappa shape index (κ1) is 15.8. The molecule has 0 unspecified atom stereocenters. The predicted molar refractivity (Wildman–Crippen MR) is 87.1 cm³/mol. The Morgan fingerprint density at radius 1 is 1.14 bits per heavy atom. The van der Waals surface area contributed by atoms with Gasteiger partial charge in [0.2, 0.25) is 0 Å². The second-order valence-corrected chi connectivity index (χ2v) is 6.31. The van der Waals surface area contributed by atoms with Crippen LogP contribution >= 0.6 is 11.3 Å². The van der Waals surface area contributed by atoms with Crippen LogP contribution in [0.25, 0.3) is 10.6 Å². The number of benzene rings is 1. The van der Waals surface area contributed by atoms with Crippen LogP contribution in [0.15, 0.2) is 24.4 Å². The van der Waals surface area contributed by atoms with E-state index in [1.165, 1.54) is 0 Å². The van der Waals surface area contributed by atoms with Gasteiger partial charge in [0.15, 0.2) is 11.5 Å². The Labute approximate surface area is 129 Å². The Bertz CT molecular complexity index is 603. The summed E-state index contributed by atoms with van der Waals surface area (Å²) in [5, 5.41) is 0.938. The summed E-state index contributed by atoms with van der Waals surface area (Å²) in [5.41, 5.74) is 6.76. The van der Waals surface area contributed by atoms with E-state index in [4.69, 9.17) is 15.2 Å². The Morgan fingerprint density at radius 2 is 1.81 bits per heavy atom. The SMILES string of the molecule is CCOc1ccc(-c2ncc(C(C)(C)N)s2)cc1OCC. The average Bonchev–Trinajstić information content (AvgIpc) is 2.91. The van der Waals surface area contributed by atoms with Crippen LogP contribution in [-0.4, -0.2) is 18.2 Å².